The lowest BCUT2D eigenvalue weighted by Crippen LogP contribution is -2.33. The molecule has 28 heavy (non-hydrogen) atoms. The molecule has 0 saturated heterocycles. The van der Waals surface area contributed by atoms with Gasteiger partial charge in [-0.15, -0.1) is 0 Å². The maximum absolute atomic E-state index is 13.3. The Morgan fingerprint density at radius 2 is 1.61 bits per heavy atom. The van der Waals surface area contributed by atoms with Gasteiger partial charge in [0.2, 0.25) is 0 Å². The molecule has 1 aromatic carbocycles. The lowest BCUT2D eigenvalue weighted by Gasteiger charge is -2.26. The summed E-state index contributed by atoms with van der Waals surface area (Å²) in [6, 6.07) is 7.29. The Hall–Kier alpha value is -1.03. The molecule has 162 valence electrons. The van der Waals surface area contributed by atoms with E-state index >= 15 is 0 Å². The maximum atomic E-state index is 13.3. The summed E-state index contributed by atoms with van der Waals surface area (Å²) in [5, 5.41) is 0. The second-order valence-electron chi connectivity index (χ2n) is 7.33. The summed E-state index contributed by atoms with van der Waals surface area (Å²) in [5.41, 5.74) is 0. The topological polar surface area (TPSA) is 44.8 Å². The van der Waals surface area contributed by atoms with Crippen LogP contribution >= 0.6 is 7.82 Å². The summed E-state index contributed by atoms with van der Waals surface area (Å²) < 4.78 is 103. The molecule has 12 heteroatoms. The van der Waals surface area contributed by atoms with Crippen molar-refractivity contribution in [3.8, 4) is 5.75 Å². The molecule has 0 radical (unpaired) electrons. The Kier molecular flexibility index (Phi) is 8.61. The summed E-state index contributed by atoms with van der Waals surface area (Å²) in [5.74, 6) is -0.240. The summed E-state index contributed by atoms with van der Waals surface area (Å²) >= 11 is 0. The molecule has 0 aliphatic heterocycles. The minimum atomic E-state index is -5.20. The zero-order chi connectivity index (χ0) is 21.6. The van der Waals surface area contributed by atoms with E-state index in [0.29, 0.717) is 6.04 Å². The molecule has 0 aliphatic carbocycles. The van der Waals surface area contributed by atoms with E-state index in [0.717, 1.165) is 0 Å². The van der Waals surface area contributed by atoms with E-state index in [2.05, 4.69) is 9.05 Å². The first-order valence-corrected chi connectivity index (χ1v) is 13.6. The zero-order valence-corrected chi connectivity index (χ0v) is 17.5. The number of benzene rings is 1. The largest absolute Gasteiger partial charge is 0.530 e. The first kappa shape index (κ1) is 25.0. The third-order valence-electron chi connectivity index (χ3n) is 3.36. The highest BCUT2D eigenvalue weighted by molar-refractivity contribution is 7.49. The molecule has 0 unspecified atom stereocenters. The van der Waals surface area contributed by atoms with Gasteiger partial charge < -0.3 is 4.52 Å². The third kappa shape index (κ3) is 10.5. The number of rotatable bonds is 10. The van der Waals surface area contributed by atoms with Crippen LogP contribution in [-0.2, 0) is 13.6 Å². The van der Waals surface area contributed by atoms with Gasteiger partial charge in [0, 0.05) is 8.07 Å². The molecule has 0 fully saturated rings. The van der Waals surface area contributed by atoms with E-state index in [1.807, 2.05) is 19.6 Å². The number of alkyl halides is 6. The fourth-order valence-electron chi connectivity index (χ4n) is 2.09. The van der Waals surface area contributed by atoms with Gasteiger partial charge in [-0.2, -0.15) is 26.3 Å². The highest BCUT2D eigenvalue weighted by Crippen LogP contribution is 2.53. The summed E-state index contributed by atoms with van der Waals surface area (Å²) in [6.07, 6.45) is -12.9. The first-order valence-electron chi connectivity index (χ1n) is 8.41. The van der Waals surface area contributed by atoms with Gasteiger partial charge in [0.05, 0.1) is 0 Å². The molecule has 0 bridgehead atoms. The second kappa shape index (κ2) is 9.64. The van der Waals surface area contributed by atoms with Crippen molar-refractivity contribution in [1.29, 1.82) is 0 Å². The van der Waals surface area contributed by atoms with Crippen LogP contribution in [0, 0.1) is 0 Å². The van der Waals surface area contributed by atoms with Crippen molar-refractivity contribution in [2.24, 2.45) is 0 Å². The predicted molar refractivity (Wildman–Crippen MR) is 95.0 cm³/mol. The Morgan fingerprint density at radius 3 is 2.07 bits per heavy atom. The second-order valence-corrected chi connectivity index (χ2v) is 14.5. The van der Waals surface area contributed by atoms with Crippen LogP contribution in [0.3, 0.4) is 0 Å². The highest BCUT2D eigenvalue weighted by atomic mass is 31.2. The molecule has 0 saturated carbocycles. The molecule has 1 rings (SSSR count). The predicted octanol–water partition coefficient (Wildman–Crippen LogP) is 6.82. The van der Waals surface area contributed by atoms with Gasteiger partial charge in [0.15, 0.2) is 12.7 Å². The van der Waals surface area contributed by atoms with Gasteiger partial charge in [-0.1, -0.05) is 50.3 Å². The maximum Gasteiger partial charge on any atom is 0.530 e. The van der Waals surface area contributed by atoms with Crippen LogP contribution in [0.1, 0.15) is 12.8 Å². The minimum Gasteiger partial charge on any atom is -0.404 e. The number of phosphoric acid groups is 1. The average Bonchev–Trinajstić information content (AvgIpc) is 2.50. The van der Waals surface area contributed by atoms with Gasteiger partial charge in [-0.05, 0) is 18.6 Å². The molecular weight excluding hydrogens is 429 g/mol. The molecule has 0 heterocycles. The van der Waals surface area contributed by atoms with E-state index in [1.165, 1.54) is 30.3 Å². The van der Waals surface area contributed by atoms with Crippen LogP contribution in [-0.4, -0.2) is 33.1 Å². The molecule has 0 aliphatic rings. The van der Waals surface area contributed by atoms with Gasteiger partial charge >= 0.3 is 20.2 Å². The van der Waals surface area contributed by atoms with E-state index < -0.39 is 47.4 Å². The van der Waals surface area contributed by atoms with E-state index in [1.54, 1.807) is 0 Å². The van der Waals surface area contributed by atoms with Crippen molar-refractivity contribution in [1.82, 2.24) is 0 Å². The number of para-hydroxylation sites is 1. The lowest BCUT2D eigenvalue weighted by atomic mass is 10.2. The quantitative estimate of drug-likeness (QED) is 0.222. The standard InChI is InChI=1S/C16H23F6O4PSi/c1-28(2,3)11-7-10-14(16(20,21)22)26-27(23,24-12-15(17,18)19)25-13-8-5-4-6-9-13/h4-6,8-9,14H,7,10-12H2,1-3H3/t14-,27+/m1/s1. The Morgan fingerprint density at radius 1 is 1.04 bits per heavy atom. The number of halogens is 6. The molecular formula is C16H23F6O4PSi. The van der Waals surface area contributed by atoms with Crippen LogP contribution in [0.5, 0.6) is 5.75 Å². The van der Waals surface area contributed by atoms with Crippen molar-refractivity contribution >= 4 is 15.9 Å². The fraction of sp³-hybridized carbons (Fsp3) is 0.625. The summed E-state index contributed by atoms with van der Waals surface area (Å²) in [4.78, 5) is 0. The van der Waals surface area contributed by atoms with Crippen LogP contribution in [0.15, 0.2) is 30.3 Å². The number of hydrogen-bond donors (Lipinski definition) is 0. The SMILES string of the molecule is C[Si](C)(C)CCC[C@@H](O[P@@](=O)(OCC(F)(F)F)Oc1ccccc1)C(F)(F)F. The van der Waals surface area contributed by atoms with E-state index in [-0.39, 0.29) is 12.2 Å². The van der Waals surface area contributed by atoms with Crippen LogP contribution in [0.25, 0.3) is 0 Å². The molecule has 0 spiro atoms. The average molecular weight is 452 g/mol. The Bertz CT molecular complexity index is 645. The van der Waals surface area contributed by atoms with E-state index in [4.69, 9.17) is 4.52 Å². The number of hydrogen-bond acceptors (Lipinski definition) is 4. The molecule has 4 nitrogen and oxygen atoms in total. The van der Waals surface area contributed by atoms with Crippen molar-refractivity contribution in [2.45, 2.75) is 57.0 Å². The third-order valence-corrected chi connectivity index (χ3v) is 6.61. The van der Waals surface area contributed by atoms with E-state index in [9.17, 15) is 30.9 Å². The fourth-order valence-corrected chi connectivity index (χ4v) is 4.73. The normalized spacial score (nSPS) is 16.5. The molecule has 0 amide bonds. The Balaban J connectivity index is 2.99. The smallest absolute Gasteiger partial charge is 0.404 e. The van der Waals surface area contributed by atoms with Gasteiger partial charge in [0.1, 0.15) is 5.75 Å². The molecule has 1 aromatic rings. The van der Waals surface area contributed by atoms with Crippen LogP contribution in [0.4, 0.5) is 26.3 Å². The Labute approximate surface area is 160 Å². The monoisotopic (exact) mass is 452 g/mol. The van der Waals surface area contributed by atoms with Crippen LogP contribution in [0.2, 0.25) is 25.7 Å². The number of phosphoric ester groups is 1. The molecule has 2 atom stereocenters. The zero-order valence-electron chi connectivity index (χ0n) is 15.6. The summed E-state index contributed by atoms with van der Waals surface area (Å²) in [7, 11) is -6.85. The van der Waals surface area contributed by atoms with Crippen molar-refractivity contribution in [2.75, 3.05) is 6.61 Å². The van der Waals surface area contributed by atoms with Gasteiger partial charge in [-0.3, -0.25) is 9.05 Å². The minimum absolute atomic E-state index is 0.116. The molecule has 0 N–H and O–H groups in total. The molecule has 0 aromatic heterocycles. The first-order chi connectivity index (χ1) is 12.6. The highest BCUT2D eigenvalue weighted by Gasteiger charge is 2.48. The summed E-state index contributed by atoms with van der Waals surface area (Å²) in [6.45, 7) is 3.82. The van der Waals surface area contributed by atoms with Crippen LogP contribution < -0.4 is 4.52 Å². The van der Waals surface area contributed by atoms with Crippen molar-refractivity contribution < 1.29 is 44.5 Å². The van der Waals surface area contributed by atoms with Crippen molar-refractivity contribution in [3.63, 3.8) is 0 Å². The van der Waals surface area contributed by atoms with Gasteiger partial charge in [-0.25, -0.2) is 4.57 Å². The lowest BCUT2D eigenvalue weighted by molar-refractivity contribution is -0.204. The van der Waals surface area contributed by atoms with Gasteiger partial charge in [0.25, 0.3) is 0 Å². The van der Waals surface area contributed by atoms with Crippen molar-refractivity contribution in [3.05, 3.63) is 30.3 Å².